The molecule has 0 bridgehead atoms. The maximum absolute atomic E-state index is 11.8. The maximum Gasteiger partial charge on any atom is 0.224 e. The van der Waals surface area contributed by atoms with Crippen LogP contribution < -0.4 is 5.73 Å². The monoisotopic (exact) mass is 219 g/mol. The van der Waals surface area contributed by atoms with Crippen molar-refractivity contribution < 1.29 is 4.79 Å². The number of carbonyl (C=O) groups excluding carboxylic acids is 1. The molecule has 0 aliphatic heterocycles. The molecule has 4 nitrogen and oxygen atoms in total. The zero-order valence-corrected chi connectivity index (χ0v) is 9.30. The molecule has 0 aromatic carbocycles. The quantitative estimate of drug-likeness (QED) is 0.801. The van der Waals surface area contributed by atoms with E-state index in [2.05, 4.69) is 4.98 Å². The minimum Gasteiger partial charge on any atom is -0.334 e. The summed E-state index contributed by atoms with van der Waals surface area (Å²) in [7, 11) is 0. The maximum atomic E-state index is 11.8. The summed E-state index contributed by atoms with van der Waals surface area (Å²) in [6.07, 6.45) is 4.42. The molecule has 1 heterocycles. The Morgan fingerprint density at radius 2 is 2.31 bits per heavy atom. The molecule has 1 aliphatic rings. The van der Waals surface area contributed by atoms with E-state index in [0.717, 1.165) is 18.5 Å². The number of pyridine rings is 1. The highest BCUT2D eigenvalue weighted by atomic mass is 16.2. The number of nitrogens with zero attached hydrogens (tertiary/aromatic N) is 2. The van der Waals surface area contributed by atoms with Crippen LogP contribution in [-0.2, 0) is 11.3 Å². The summed E-state index contributed by atoms with van der Waals surface area (Å²) in [6.45, 7) is 1.04. The van der Waals surface area contributed by atoms with Gasteiger partial charge in [0.15, 0.2) is 0 Å². The summed E-state index contributed by atoms with van der Waals surface area (Å²) in [5, 5.41) is 0. The molecule has 1 saturated carbocycles. The van der Waals surface area contributed by atoms with Gasteiger partial charge in [0.05, 0.1) is 12.2 Å². The third-order valence-corrected chi connectivity index (χ3v) is 2.72. The molecule has 2 rings (SSSR count). The van der Waals surface area contributed by atoms with Gasteiger partial charge < -0.3 is 10.6 Å². The number of rotatable bonds is 5. The largest absolute Gasteiger partial charge is 0.334 e. The fraction of sp³-hybridized carbons (Fsp3) is 0.500. The van der Waals surface area contributed by atoms with E-state index in [1.807, 2.05) is 23.1 Å². The Kier molecular flexibility index (Phi) is 3.51. The lowest BCUT2D eigenvalue weighted by Gasteiger charge is -2.21. The molecule has 86 valence electrons. The second-order valence-corrected chi connectivity index (χ2v) is 4.11. The number of nitrogens with two attached hydrogens (primary N) is 1. The van der Waals surface area contributed by atoms with Gasteiger partial charge in [-0.1, -0.05) is 6.07 Å². The molecule has 16 heavy (non-hydrogen) atoms. The standard InChI is InChI=1S/C12H17N3O/c13-7-6-12(16)15(11-4-5-11)9-10-3-1-2-8-14-10/h1-3,8,11H,4-7,9,13H2. The van der Waals surface area contributed by atoms with Crippen molar-refractivity contribution in [3.63, 3.8) is 0 Å². The van der Waals surface area contributed by atoms with E-state index >= 15 is 0 Å². The van der Waals surface area contributed by atoms with Crippen molar-refractivity contribution >= 4 is 5.91 Å². The van der Waals surface area contributed by atoms with Gasteiger partial charge in [0.25, 0.3) is 0 Å². The van der Waals surface area contributed by atoms with E-state index in [9.17, 15) is 4.79 Å². The SMILES string of the molecule is NCCC(=O)N(Cc1ccccn1)C1CC1. The van der Waals surface area contributed by atoms with Gasteiger partial charge in [-0.25, -0.2) is 0 Å². The predicted octanol–water partition coefficient (Wildman–Crippen LogP) is 0.921. The van der Waals surface area contributed by atoms with E-state index in [0.29, 0.717) is 25.6 Å². The Morgan fingerprint density at radius 3 is 2.88 bits per heavy atom. The summed E-state index contributed by atoms with van der Waals surface area (Å²) in [4.78, 5) is 18.0. The molecule has 0 unspecified atom stereocenters. The summed E-state index contributed by atoms with van der Waals surface area (Å²) in [6, 6.07) is 6.19. The summed E-state index contributed by atoms with van der Waals surface area (Å²) >= 11 is 0. The van der Waals surface area contributed by atoms with Crippen LogP contribution in [0.5, 0.6) is 0 Å². The van der Waals surface area contributed by atoms with Crippen LogP contribution in [-0.4, -0.2) is 28.4 Å². The first kappa shape index (κ1) is 11.1. The van der Waals surface area contributed by atoms with Crippen LogP contribution in [0.4, 0.5) is 0 Å². The zero-order valence-electron chi connectivity index (χ0n) is 9.30. The summed E-state index contributed by atoms with van der Waals surface area (Å²) in [5.74, 6) is 0.149. The van der Waals surface area contributed by atoms with E-state index in [1.54, 1.807) is 6.20 Å². The van der Waals surface area contributed by atoms with Gasteiger partial charge in [0.2, 0.25) is 5.91 Å². The van der Waals surface area contributed by atoms with Crippen LogP contribution in [0.15, 0.2) is 24.4 Å². The lowest BCUT2D eigenvalue weighted by Crippen LogP contribution is -2.34. The third-order valence-electron chi connectivity index (χ3n) is 2.72. The molecule has 1 aliphatic carbocycles. The van der Waals surface area contributed by atoms with Gasteiger partial charge in [0.1, 0.15) is 0 Å². The third kappa shape index (κ3) is 2.79. The van der Waals surface area contributed by atoms with E-state index in [4.69, 9.17) is 5.73 Å². The van der Waals surface area contributed by atoms with Crippen molar-refractivity contribution in [2.75, 3.05) is 6.54 Å². The molecule has 0 atom stereocenters. The van der Waals surface area contributed by atoms with Crippen LogP contribution >= 0.6 is 0 Å². The lowest BCUT2D eigenvalue weighted by molar-refractivity contribution is -0.132. The highest BCUT2D eigenvalue weighted by molar-refractivity contribution is 5.77. The molecule has 0 spiro atoms. The Labute approximate surface area is 95.5 Å². The van der Waals surface area contributed by atoms with E-state index in [-0.39, 0.29) is 5.91 Å². The van der Waals surface area contributed by atoms with Crippen molar-refractivity contribution in [1.82, 2.24) is 9.88 Å². The van der Waals surface area contributed by atoms with Crippen molar-refractivity contribution in [2.45, 2.75) is 31.8 Å². The number of carbonyl (C=O) groups is 1. The first-order chi connectivity index (χ1) is 7.81. The van der Waals surface area contributed by atoms with Crippen molar-refractivity contribution in [2.24, 2.45) is 5.73 Å². The van der Waals surface area contributed by atoms with Crippen LogP contribution in [0, 0.1) is 0 Å². The predicted molar refractivity (Wildman–Crippen MR) is 61.5 cm³/mol. The minimum atomic E-state index is 0.149. The van der Waals surface area contributed by atoms with Gasteiger partial charge >= 0.3 is 0 Å². The first-order valence-electron chi connectivity index (χ1n) is 5.70. The van der Waals surface area contributed by atoms with Gasteiger partial charge in [-0.2, -0.15) is 0 Å². The molecule has 1 amide bonds. The van der Waals surface area contributed by atoms with Crippen molar-refractivity contribution in [1.29, 1.82) is 0 Å². The normalized spacial score (nSPS) is 14.8. The van der Waals surface area contributed by atoms with Crippen LogP contribution in [0.3, 0.4) is 0 Å². The Morgan fingerprint density at radius 1 is 1.50 bits per heavy atom. The van der Waals surface area contributed by atoms with Gasteiger partial charge in [0, 0.05) is 25.2 Å². The Bertz CT molecular complexity index is 349. The van der Waals surface area contributed by atoms with Crippen LogP contribution in [0.25, 0.3) is 0 Å². The van der Waals surface area contributed by atoms with E-state index in [1.165, 1.54) is 0 Å². The number of aromatic nitrogens is 1. The molecule has 1 aromatic heterocycles. The molecular formula is C12H17N3O. The summed E-state index contributed by atoms with van der Waals surface area (Å²) < 4.78 is 0. The minimum absolute atomic E-state index is 0.149. The number of hydrogen-bond donors (Lipinski definition) is 1. The topological polar surface area (TPSA) is 59.2 Å². The van der Waals surface area contributed by atoms with Crippen LogP contribution in [0.1, 0.15) is 25.0 Å². The Balaban J connectivity index is 2.00. The van der Waals surface area contributed by atoms with Crippen LogP contribution in [0.2, 0.25) is 0 Å². The molecule has 2 N–H and O–H groups in total. The molecule has 0 radical (unpaired) electrons. The lowest BCUT2D eigenvalue weighted by atomic mass is 10.3. The fourth-order valence-corrected chi connectivity index (χ4v) is 1.74. The van der Waals surface area contributed by atoms with Gasteiger partial charge in [-0.3, -0.25) is 9.78 Å². The van der Waals surface area contributed by atoms with Gasteiger partial charge in [-0.05, 0) is 25.0 Å². The molecular weight excluding hydrogens is 202 g/mol. The van der Waals surface area contributed by atoms with E-state index < -0.39 is 0 Å². The summed E-state index contributed by atoms with van der Waals surface area (Å²) in [5.41, 5.74) is 6.36. The van der Waals surface area contributed by atoms with Crippen molar-refractivity contribution in [3.05, 3.63) is 30.1 Å². The number of amides is 1. The average molecular weight is 219 g/mol. The first-order valence-corrected chi connectivity index (χ1v) is 5.70. The second-order valence-electron chi connectivity index (χ2n) is 4.11. The molecule has 1 aromatic rings. The Hall–Kier alpha value is -1.42. The smallest absolute Gasteiger partial charge is 0.224 e. The highest BCUT2D eigenvalue weighted by Crippen LogP contribution is 2.28. The molecule has 4 heteroatoms. The second kappa shape index (κ2) is 5.07. The fourth-order valence-electron chi connectivity index (χ4n) is 1.74. The highest BCUT2D eigenvalue weighted by Gasteiger charge is 2.32. The van der Waals surface area contributed by atoms with Crippen molar-refractivity contribution in [3.8, 4) is 0 Å². The molecule has 1 fully saturated rings. The zero-order chi connectivity index (χ0) is 11.4. The van der Waals surface area contributed by atoms with Gasteiger partial charge in [-0.15, -0.1) is 0 Å². The molecule has 0 saturated heterocycles. The number of hydrogen-bond acceptors (Lipinski definition) is 3. The average Bonchev–Trinajstić information content (AvgIpc) is 3.11.